The van der Waals surface area contributed by atoms with Crippen LogP contribution >= 0.6 is 24.0 Å². The van der Waals surface area contributed by atoms with Gasteiger partial charge in [0.25, 0.3) is 0 Å². The van der Waals surface area contributed by atoms with Gasteiger partial charge in [0, 0.05) is 47.0 Å². The summed E-state index contributed by atoms with van der Waals surface area (Å²) in [5.74, 6) is 1.84. The van der Waals surface area contributed by atoms with E-state index in [4.69, 9.17) is 14.2 Å². The second kappa shape index (κ2) is 14.8. The van der Waals surface area contributed by atoms with Crippen LogP contribution < -0.4 is 10.1 Å². The minimum absolute atomic E-state index is 0. The van der Waals surface area contributed by atoms with E-state index in [1.54, 1.807) is 14.2 Å². The Labute approximate surface area is 199 Å². The molecule has 1 aliphatic rings. The van der Waals surface area contributed by atoms with E-state index in [1.807, 2.05) is 19.2 Å². The molecule has 1 heterocycles. The van der Waals surface area contributed by atoms with E-state index in [0.29, 0.717) is 6.10 Å². The monoisotopic (exact) mass is 534 g/mol. The average Bonchev–Trinajstić information content (AvgIpc) is 2.75. The molecule has 1 aliphatic heterocycles. The van der Waals surface area contributed by atoms with Crippen molar-refractivity contribution in [2.45, 2.75) is 31.4 Å². The number of guanidine groups is 1. The molecule has 0 aliphatic carbocycles. The van der Waals surface area contributed by atoms with Gasteiger partial charge in [-0.25, -0.2) is 0 Å². The zero-order chi connectivity index (χ0) is 21.1. The molecular formula is C22H39IN4O3. The lowest BCUT2D eigenvalue weighted by atomic mass is 10.1. The van der Waals surface area contributed by atoms with E-state index in [9.17, 15) is 0 Å². The largest absolute Gasteiger partial charge is 0.497 e. The molecule has 7 nitrogen and oxygen atoms in total. The summed E-state index contributed by atoms with van der Waals surface area (Å²) in [6.45, 7) is 4.23. The van der Waals surface area contributed by atoms with Gasteiger partial charge in [-0.05, 0) is 51.1 Å². The summed E-state index contributed by atoms with van der Waals surface area (Å²) in [4.78, 5) is 9.06. The SMILES string of the molecule is CN=C(NCC(c1cccc(OC)c1)N(C)C)N1CCC(OCCCOC)CC1.I. The lowest BCUT2D eigenvalue weighted by Crippen LogP contribution is -2.48. The molecule has 0 aromatic heterocycles. The number of rotatable bonds is 10. The first-order valence-electron chi connectivity index (χ1n) is 10.5. The fourth-order valence-corrected chi connectivity index (χ4v) is 3.66. The highest BCUT2D eigenvalue weighted by molar-refractivity contribution is 14.0. The number of nitrogens with zero attached hydrogens (tertiary/aromatic N) is 3. The van der Waals surface area contributed by atoms with E-state index < -0.39 is 0 Å². The number of nitrogens with one attached hydrogen (secondary N) is 1. The Kier molecular flexibility index (Phi) is 13.3. The van der Waals surface area contributed by atoms with Gasteiger partial charge in [-0.3, -0.25) is 4.99 Å². The molecule has 0 amide bonds. The summed E-state index contributed by atoms with van der Waals surface area (Å²) in [6, 6.07) is 8.48. The Morgan fingerprint density at radius 2 is 1.97 bits per heavy atom. The molecule has 8 heteroatoms. The smallest absolute Gasteiger partial charge is 0.193 e. The second-order valence-electron chi connectivity index (χ2n) is 7.59. The first-order chi connectivity index (χ1) is 14.1. The average molecular weight is 534 g/mol. The summed E-state index contributed by atoms with van der Waals surface area (Å²) in [6.07, 6.45) is 3.35. The second-order valence-corrected chi connectivity index (χ2v) is 7.59. The third-order valence-electron chi connectivity index (χ3n) is 5.36. The van der Waals surface area contributed by atoms with E-state index in [2.05, 4.69) is 46.3 Å². The van der Waals surface area contributed by atoms with Crippen molar-refractivity contribution < 1.29 is 14.2 Å². The number of piperidine rings is 1. The summed E-state index contributed by atoms with van der Waals surface area (Å²) in [5.41, 5.74) is 1.22. The molecule has 1 aromatic carbocycles. The van der Waals surface area contributed by atoms with Crippen molar-refractivity contribution in [1.82, 2.24) is 15.1 Å². The molecular weight excluding hydrogens is 495 g/mol. The number of likely N-dealkylation sites (N-methyl/N-ethyl adjacent to an activating group) is 1. The normalized spacial score (nSPS) is 16.3. The van der Waals surface area contributed by atoms with E-state index in [-0.39, 0.29) is 30.0 Å². The van der Waals surface area contributed by atoms with Crippen LogP contribution in [0.5, 0.6) is 5.75 Å². The number of methoxy groups -OCH3 is 2. The van der Waals surface area contributed by atoms with Gasteiger partial charge in [0.15, 0.2) is 5.96 Å². The molecule has 0 spiro atoms. The molecule has 30 heavy (non-hydrogen) atoms. The van der Waals surface area contributed by atoms with Crippen LogP contribution in [0.1, 0.15) is 30.9 Å². The molecule has 1 unspecified atom stereocenters. The lowest BCUT2D eigenvalue weighted by Gasteiger charge is -2.35. The van der Waals surface area contributed by atoms with Gasteiger partial charge in [0.05, 0.1) is 19.3 Å². The first kappa shape index (κ1) is 26.9. The van der Waals surface area contributed by atoms with E-state index in [0.717, 1.165) is 63.8 Å². The van der Waals surface area contributed by atoms with Crippen molar-refractivity contribution >= 4 is 29.9 Å². The van der Waals surface area contributed by atoms with E-state index >= 15 is 0 Å². The van der Waals surface area contributed by atoms with Gasteiger partial charge in [-0.15, -0.1) is 24.0 Å². The molecule has 0 saturated carbocycles. The van der Waals surface area contributed by atoms with Gasteiger partial charge < -0.3 is 29.3 Å². The highest BCUT2D eigenvalue weighted by atomic mass is 127. The minimum atomic E-state index is 0. The van der Waals surface area contributed by atoms with Crippen LogP contribution in [0.15, 0.2) is 29.3 Å². The molecule has 0 bridgehead atoms. The molecule has 1 fully saturated rings. The maximum absolute atomic E-state index is 5.97. The summed E-state index contributed by atoms with van der Waals surface area (Å²) >= 11 is 0. The van der Waals surface area contributed by atoms with Gasteiger partial charge in [0.2, 0.25) is 0 Å². The van der Waals surface area contributed by atoms with Crippen LogP contribution in [0.25, 0.3) is 0 Å². The molecule has 1 atom stereocenters. The standard InChI is InChI=1S/C22H38N4O3.HI/c1-23-22(26-12-10-19(11-13-26)29-15-7-14-27-4)24-17-21(25(2)3)18-8-6-9-20(16-18)28-5;/h6,8-9,16,19,21H,7,10-15,17H2,1-5H3,(H,23,24);1H. The van der Waals surface area contributed by atoms with Crippen LogP contribution in [-0.4, -0.2) is 90.1 Å². The predicted molar refractivity (Wildman–Crippen MR) is 133 cm³/mol. The number of benzene rings is 1. The number of hydrogen-bond donors (Lipinski definition) is 1. The van der Waals surface area contributed by atoms with Crippen molar-refractivity contribution in [3.05, 3.63) is 29.8 Å². The Hall–Kier alpha value is -1.10. The predicted octanol–water partition coefficient (Wildman–Crippen LogP) is 3.01. The highest BCUT2D eigenvalue weighted by Gasteiger charge is 2.23. The summed E-state index contributed by atoms with van der Waals surface area (Å²) in [5, 5.41) is 3.57. The van der Waals surface area contributed by atoms with Crippen molar-refractivity contribution in [2.75, 3.05) is 68.2 Å². The third kappa shape index (κ3) is 8.56. The number of likely N-dealkylation sites (tertiary alicyclic amines) is 1. The molecule has 0 radical (unpaired) electrons. The topological polar surface area (TPSA) is 58.6 Å². The van der Waals surface area contributed by atoms with Crippen molar-refractivity contribution in [3.63, 3.8) is 0 Å². The Morgan fingerprint density at radius 3 is 2.57 bits per heavy atom. The Balaban J connectivity index is 0.00000450. The quantitative estimate of drug-likeness (QED) is 0.216. The van der Waals surface area contributed by atoms with Crippen LogP contribution in [0, 0.1) is 0 Å². The van der Waals surface area contributed by atoms with Crippen molar-refractivity contribution in [2.24, 2.45) is 4.99 Å². The summed E-state index contributed by atoms with van der Waals surface area (Å²) in [7, 11) is 9.48. The van der Waals surface area contributed by atoms with Crippen LogP contribution in [0.3, 0.4) is 0 Å². The fourth-order valence-electron chi connectivity index (χ4n) is 3.66. The van der Waals surface area contributed by atoms with E-state index in [1.165, 1.54) is 5.56 Å². The number of hydrogen-bond acceptors (Lipinski definition) is 5. The molecule has 1 saturated heterocycles. The first-order valence-corrected chi connectivity index (χ1v) is 10.5. The third-order valence-corrected chi connectivity index (χ3v) is 5.36. The number of ether oxygens (including phenoxy) is 3. The lowest BCUT2D eigenvalue weighted by molar-refractivity contribution is 0.00987. The zero-order valence-corrected chi connectivity index (χ0v) is 21.4. The van der Waals surface area contributed by atoms with Gasteiger partial charge in [-0.1, -0.05) is 12.1 Å². The van der Waals surface area contributed by atoms with Crippen LogP contribution in [0.2, 0.25) is 0 Å². The highest BCUT2D eigenvalue weighted by Crippen LogP contribution is 2.22. The summed E-state index contributed by atoms with van der Waals surface area (Å²) < 4.78 is 16.4. The number of aliphatic imine (C=N–C) groups is 1. The Morgan fingerprint density at radius 1 is 1.23 bits per heavy atom. The maximum Gasteiger partial charge on any atom is 0.193 e. The molecule has 2 rings (SSSR count). The van der Waals surface area contributed by atoms with Gasteiger partial charge in [-0.2, -0.15) is 0 Å². The van der Waals surface area contributed by atoms with Crippen molar-refractivity contribution in [3.8, 4) is 5.75 Å². The van der Waals surface area contributed by atoms with Crippen LogP contribution in [0.4, 0.5) is 0 Å². The molecule has 1 N–H and O–H groups in total. The molecule has 1 aromatic rings. The minimum Gasteiger partial charge on any atom is -0.497 e. The van der Waals surface area contributed by atoms with Gasteiger partial charge in [0.1, 0.15) is 5.75 Å². The number of halogens is 1. The Bertz CT molecular complexity index is 622. The fraction of sp³-hybridized carbons (Fsp3) is 0.682. The maximum atomic E-state index is 5.97. The van der Waals surface area contributed by atoms with Crippen molar-refractivity contribution in [1.29, 1.82) is 0 Å². The zero-order valence-electron chi connectivity index (χ0n) is 19.1. The molecule has 172 valence electrons. The van der Waals surface area contributed by atoms with Crippen LogP contribution in [-0.2, 0) is 9.47 Å². The van der Waals surface area contributed by atoms with Gasteiger partial charge >= 0.3 is 0 Å².